The molecule has 1 heterocycles. The van der Waals surface area contributed by atoms with Crippen LogP contribution in [0.2, 0.25) is 0 Å². The third kappa shape index (κ3) is 8.73. The number of hydrogen-bond donors (Lipinski definition) is 3. The highest BCUT2D eigenvalue weighted by molar-refractivity contribution is 6.38. The molecule has 9 nitrogen and oxygen atoms in total. The SMILES string of the molecule is CC(C)C[C@H](NC(=O)c1ccncn1)C(=O)NC(Cc1ccccc1)C(=O)C(=O)NC(C)(C)C. The molecule has 1 aromatic heterocycles. The van der Waals surface area contributed by atoms with Gasteiger partial charge in [-0.05, 0) is 44.7 Å². The molecule has 34 heavy (non-hydrogen) atoms. The minimum atomic E-state index is -1.09. The Morgan fingerprint density at radius 3 is 2.18 bits per heavy atom. The monoisotopic (exact) mass is 467 g/mol. The maximum atomic E-state index is 13.2. The Hall–Kier alpha value is -3.62. The van der Waals surface area contributed by atoms with Crippen LogP contribution < -0.4 is 16.0 Å². The van der Waals surface area contributed by atoms with E-state index in [-0.39, 0.29) is 18.0 Å². The van der Waals surface area contributed by atoms with Gasteiger partial charge < -0.3 is 16.0 Å². The van der Waals surface area contributed by atoms with Crippen molar-refractivity contribution in [1.82, 2.24) is 25.9 Å². The Morgan fingerprint density at radius 1 is 0.941 bits per heavy atom. The molecule has 0 fully saturated rings. The Balaban J connectivity index is 2.24. The van der Waals surface area contributed by atoms with E-state index in [2.05, 4.69) is 25.9 Å². The highest BCUT2D eigenvalue weighted by Gasteiger charge is 2.32. The van der Waals surface area contributed by atoms with E-state index in [1.165, 1.54) is 18.6 Å². The fraction of sp³-hybridized carbons (Fsp3) is 0.440. The van der Waals surface area contributed by atoms with Gasteiger partial charge in [0.05, 0.1) is 0 Å². The second-order valence-electron chi connectivity index (χ2n) is 9.57. The first-order chi connectivity index (χ1) is 16.0. The second-order valence-corrected chi connectivity index (χ2v) is 9.57. The average molecular weight is 468 g/mol. The molecule has 2 atom stereocenters. The number of nitrogens with one attached hydrogen (secondary N) is 3. The van der Waals surface area contributed by atoms with Gasteiger partial charge in [-0.1, -0.05) is 44.2 Å². The Bertz CT molecular complexity index is 987. The topological polar surface area (TPSA) is 130 Å². The van der Waals surface area contributed by atoms with Gasteiger partial charge in [-0.2, -0.15) is 0 Å². The minimum Gasteiger partial charge on any atom is -0.345 e. The summed E-state index contributed by atoms with van der Waals surface area (Å²) in [5.41, 5.74) is 0.299. The minimum absolute atomic E-state index is 0.0777. The first-order valence-electron chi connectivity index (χ1n) is 11.2. The summed E-state index contributed by atoms with van der Waals surface area (Å²) in [6.45, 7) is 9.14. The van der Waals surface area contributed by atoms with Gasteiger partial charge in [0.1, 0.15) is 24.1 Å². The van der Waals surface area contributed by atoms with Crippen molar-refractivity contribution in [3.8, 4) is 0 Å². The summed E-state index contributed by atoms with van der Waals surface area (Å²) in [6.07, 6.45) is 3.15. The highest BCUT2D eigenvalue weighted by Crippen LogP contribution is 2.10. The van der Waals surface area contributed by atoms with Crippen molar-refractivity contribution < 1.29 is 19.2 Å². The lowest BCUT2D eigenvalue weighted by Crippen LogP contribution is -2.56. The molecule has 0 bridgehead atoms. The molecule has 0 aliphatic carbocycles. The molecule has 0 aliphatic rings. The molecule has 3 amide bonds. The fourth-order valence-corrected chi connectivity index (χ4v) is 3.25. The Labute approximate surface area is 200 Å². The van der Waals surface area contributed by atoms with Gasteiger partial charge in [0.25, 0.3) is 11.8 Å². The second kappa shape index (κ2) is 12.0. The molecule has 0 spiro atoms. The van der Waals surface area contributed by atoms with Gasteiger partial charge in [0.2, 0.25) is 11.7 Å². The zero-order valence-corrected chi connectivity index (χ0v) is 20.3. The summed E-state index contributed by atoms with van der Waals surface area (Å²) in [6, 6.07) is 8.54. The number of nitrogens with zero attached hydrogens (tertiary/aromatic N) is 2. The lowest BCUT2D eigenvalue weighted by atomic mass is 9.98. The predicted molar refractivity (Wildman–Crippen MR) is 128 cm³/mol. The molecule has 1 unspecified atom stereocenters. The number of amides is 3. The van der Waals surface area contributed by atoms with Crippen molar-refractivity contribution in [1.29, 1.82) is 0 Å². The summed E-state index contributed by atoms with van der Waals surface area (Å²) < 4.78 is 0. The van der Waals surface area contributed by atoms with Crippen LogP contribution in [0.1, 0.15) is 57.1 Å². The summed E-state index contributed by atoms with van der Waals surface area (Å²) in [4.78, 5) is 59.1. The number of hydrogen-bond acceptors (Lipinski definition) is 6. The molecule has 3 N–H and O–H groups in total. The molecular formula is C25H33N5O4. The van der Waals surface area contributed by atoms with E-state index in [1.807, 2.05) is 44.2 Å². The molecule has 0 radical (unpaired) electrons. The first-order valence-corrected chi connectivity index (χ1v) is 11.2. The predicted octanol–water partition coefficient (Wildman–Crippen LogP) is 1.83. The van der Waals surface area contributed by atoms with Gasteiger partial charge in [0.15, 0.2) is 0 Å². The zero-order valence-electron chi connectivity index (χ0n) is 20.3. The van der Waals surface area contributed by atoms with Crippen molar-refractivity contribution in [2.75, 3.05) is 0 Å². The van der Waals surface area contributed by atoms with Crippen LogP contribution in [0.4, 0.5) is 0 Å². The van der Waals surface area contributed by atoms with Crippen molar-refractivity contribution in [3.05, 3.63) is 60.2 Å². The van der Waals surface area contributed by atoms with Crippen LogP contribution in [0.3, 0.4) is 0 Å². The van der Waals surface area contributed by atoms with E-state index < -0.39 is 41.1 Å². The summed E-state index contributed by atoms with van der Waals surface area (Å²) in [5, 5.41) is 8.03. The van der Waals surface area contributed by atoms with Gasteiger partial charge in [0, 0.05) is 18.2 Å². The van der Waals surface area contributed by atoms with Crippen LogP contribution in [0.25, 0.3) is 0 Å². The van der Waals surface area contributed by atoms with Crippen LogP contribution in [-0.2, 0) is 20.8 Å². The van der Waals surface area contributed by atoms with Gasteiger partial charge >= 0.3 is 0 Å². The number of rotatable bonds is 10. The summed E-state index contributed by atoms with van der Waals surface area (Å²) in [5.74, 6) is -2.53. The van der Waals surface area contributed by atoms with Gasteiger partial charge in [-0.3, -0.25) is 19.2 Å². The molecule has 0 saturated carbocycles. The molecular weight excluding hydrogens is 434 g/mol. The maximum Gasteiger partial charge on any atom is 0.290 e. The first kappa shape index (κ1) is 26.6. The number of carbonyl (C=O) groups excluding carboxylic acids is 4. The summed E-state index contributed by atoms with van der Waals surface area (Å²) in [7, 11) is 0. The largest absolute Gasteiger partial charge is 0.345 e. The third-order valence-electron chi connectivity index (χ3n) is 4.77. The standard InChI is InChI=1S/C25H33N5O4/c1-16(2)13-20(29-22(32)18-11-12-26-15-27-18)23(33)28-19(14-17-9-7-6-8-10-17)21(31)24(34)30-25(3,4)5/h6-12,15-16,19-20H,13-14H2,1-5H3,(H,28,33)(H,29,32)(H,30,34)/t19?,20-/m0/s1. The molecule has 2 rings (SSSR count). The van der Waals surface area contributed by atoms with E-state index in [1.54, 1.807) is 20.8 Å². The van der Waals surface area contributed by atoms with Crippen LogP contribution in [-0.4, -0.2) is 51.1 Å². The van der Waals surface area contributed by atoms with Crippen molar-refractivity contribution in [3.63, 3.8) is 0 Å². The van der Waals surface area contributed by atoms with Crippen LogP contribution in [0.15, 0.2) is 48.9 Å². The van der Waals surface area contributed by atoms with Crippen molar-refractivity contribution in [2.45, 2.75) is 65.1 Å². The number of Topliss-reactive ketones (excluding diaryl/α,β-unsaturated/α-hetero) is 1. The van der Waals surface area contributed by atoms with E-state index in [4.69, 9.17) is 0 Å². The smallest absolute Gasteiger partial charge is 0.290 e. The van der Waals surface area contributed by atoms with Crippen LogP contribution in [0.5, 0.6) is 0 Å². The van der Waals surface area contributed by atoms with Crippen LogP contribution >= 0.6 is 0 Å². The lowest BCUT2D eigenvalue weighted by Gasteiger charge is -2.25. The molecule has 2 aromatic rings. The van der Waals surface area contributed by atoms with E-state index >= 15 is 0 Å². The molecule has 0 aliphatic heterocycles. The van der Waals surface area contributed by atoms with Crippen molar-refractivity contribution in [2.24, 2.45) is 5.92 Å². The number of benzene rings is 1. The highest BCUT2D eigenvalue weighted by atomic mass is 16.2. The number of ketones is 1. The normalized spacial score (nSPS) is 13.0. The molecule has 182 valence electrons. The quantitative estimate of drug-likeness (QED) is 0.457. The van der Waals surface area contributed by atoms with E-state index in [9.17, 15) is 19.2 Å². The molecule has 1 aromatic carbocycles. The average Bonchev–Trinajstić information content (AvgIpc) is 2.77. The number of carbonyl (C=O) groups is 4. The zero-order chi connectivity index (χ0) is 25.3. The van der Waals surface area contributed by atoms with E-state index in [0.717, 1.165) is 5.56 Å². The lowest BCUT2D eigenvalue weighted by molar-refractivity contribution is -0.141. The number of aromatic nitrogens is 2. The fourth-order valence-electron chi connectivity index (χ4n) is 3.25. The van der Waals surface area contributed by atoms with Crippen molar-refractivity contribution >= 4 is 23.5 Å². The molecule has 0 saturated heterocycles. The van der Waals surface area contributed by atoms with Gasteiger partial charge in [-0.25, -0.2) is 9.97 Å². The van der Waals surface area contributed by atoms with E-state index in [0.29, 0.717) is 6.42 Å². The maximum absolute atomic E-state index is 13.2. The van der Waals surface area contributed by atoms with Crippen LogP contribution in [0, 0.1) is 5.92 Å². The third-order valence-corrected chi connectivity index (χ3v) is 4.77. The molecule has 9 heteroatoms. The summed E-state index contributed by atoms with van der Waals surface area (Å²) >= 11 is 0. The Morgan fingerprint density at radius 2 is 1.62 bits per heavy atom. The Kier molecular flexibility index (Phi) is 9.41. The van der Waals surface area contributed by atoms with Gasteiger partial charge in [-0.15, -0.1) is 0 Å².